The molecule has 0 aliphatic carbocycles. The first-order valence-corrected chi connectivity index (χ1v) is 6.76. The third-order valence-corrected chi connectivity index (χ3v) is 3.27. The highest BCUT2D eigenvalue weighted by molar-refractivity contribution is 5.41. The van der Waals surface area contributed by atoms with Crippen molar-refractivity contribution in [1.29, 1.82) is 0 Å². The first-order valence-electron chi connectivity index (χ1n) is 6.76. The van der Waals surface area contributed by atoms with Crippen molar-refractivity contribution in [1.82, 2.24) is 14.7 Å². The van der Waals surface area contributed by atoms with E-state index in [0.29, 0.717) is 6.54 Å². The number of fused-ring (bicyclic) bond motifs is 1. The van der Waals surface area contributed by atoms with E-state index in [1.807, 2.05) is 22.7 Å². The highest BCUT2D eigenvalue weighted by atomic mass is 15.0. The molecule has 1 aromatic carbocycles. The van der Waals surface area contributed by atoms with Crippen molar-refractivity contribution in [2.75, 3.05) is 0 Å². The van der Waals surface area contributed by atoms with Crippen molar-refractivity contribution < 1.29 is 0 Å². The van der Waals surface area contributed by atoms with Gasteiger partial charge in [0.2, 0.25) is 0 Å². The van der Waals surface area contributed by atoms with Gasteiger partial charge in [-0.05, 0) is 17.2 Å². The molecule has 0 fully saturated rings. The van der Waals surface area contributed by atoms with Gasteiger partial charge in [-0.15, -0.1) is 0 Å². The van der Waals surface area contributed by atoms with Gasteiger partial charge >= 0.3 is 0 Å². The topological polar surface area (TPSA) is 55.4 Å². The van der Waals surface area contributed by atoms with Crippen molar-refractivity contribution in [3.63, 3.8) is 0 Å². The molecule has 0 unspecified atom stereocenters. The van der Waals surface area contributed by atoms with Crippen LogP contribution in [0.1, 0.15) is 16.8 Å². The molecular weight excluding hydrogens is 248 g/mol. The summed E-state index contributed by atoms with van der Waals surface area (Å²) in [4.78, 5) is 4.42. The van der Waals surface area contributed by atoms with Gasteiger partial charge in [-0.3, -0.25) is 0 Å². The second-order valence-corrected chi connectivity index (χ2v) is 4.83. The lowest BCUT2D eigenvalue weighted by Gasteiger charge is -2.05. The average molecular weight is 266 g/mol. The van der Waals surface area contributed by atoms with E-state index in [9.17, 15) is 0 Å². The minimum Gasteiger partial charge on any atom is -0.325 e. The fourth-order valence-electron chi connectivity index (χ4n) is 2.24. The number of aromatic nitrogens is 2. The predicted molar refractivity (Wildman–Crippen MR) is 80.1 cm³/mol. The van der Waals surface area contributed by atoms with Crippen LogP contribution in [0.15, 0.2) is 54.9 Å². The summed E-state index contributed by atoms with van der Waals surface area (Å²) >= 11 is 0. The maximum Gasteiger partial charge on any atom is 0.137 e. The third kappa shape index (κ3) is 2.87. The van der Waals surface area contributed by atoms with Crippen LogP contribution >= 0.6 is 0 Å². The van der Waals surface area contributed by atoms with E-state index < -0.39 is 0 Å². The Labute approximate surface area is 118 Å². The van der Waals surface area contributed by atoms with E-state index in [1.165, 1.54) is 11.1 Å². The van der Waals surface area contributed by atoms with E-state index in [0.717, 1.165) is 24.4 Å². The smallest absolute Gasteiger partial charge is 0.137 e. The second kappa shape index (κ2) is 5.86. The Kier molecular flexibility index (Phi) is 3.76. The summed E-state index contributed by atoms with van der Waals surface area (Å²) in [5, 5.41) is 3.45. The Hall–Kier alpha value is -2.17. The van der Waals surface area contributed by atoms with Gasteiger partial charge in [-0.2, -0.15) is 0 Å². The number of hydrogen-bond acceptors (Lipinski definition) is 3. The van der Waals surface area contributed by atoms with Gasteiger partial charge in [0, 0.05) is 32.0 Å². The molecule has 0 amide bonds. The zero-order valence-electron chi connectivity index (χ0n) is 11.3. The zero-order chi connectivity index (χ0) is 13.8. The molecule has 3 rings (SSSR count). The van der Waals surface area contributed by atoms with Gasteiger partial charge in [-0.25, -0.2) is 4.98 Å². The highest BCUT2D eigenvalue weighted by Crippen LogP contribution is 2.08. The molecule has 0 atom stereocenters. The molecular formula is C16H18N4. The standard InChI is InChI=1S/C16H18N4/c17-8-15-12-20-11-14(6-7-16(20)19-15)10-18-9-13-4-2-1-3-5-13/h1-7,11-12,18H,8-10,17H2. The minimum absolute atomic E-state index is 0.475. The number of rotatable bonds is 5. The van der Waals surface area contributed by atoms with Crippen molar-refractivity contribution in [3.8, 4) is 0 Å². The molecule has 0 bridgehead atoms. The normalized spacial score (nSPS) is 11.1. The van der Waals surface area contributed by atoms with Crippen LogP contribution in [0.5, 0.6) is 0 Å². The van der Waals surface area contributed by atoms with Crippen molar-refractivity contribution in [2.24, 2.45) is 5.73 Å². The molecule has 102 valence electrons. The zero-order valence-corrected chi connectivity index (χ0v) is 11.3. The molecule has 2 aromatic heterocycles. The fourth-order valence-corrected chi connectivity index (χ4v) is 2.24. The average Bonchev–Trinajstić information content (AvgIpc) is 2.91. The molecule has 4 nitrogen and oxygen atoms in total. The number of nitrogens with zero attached hydrogens (tertiary/aromatic N) is 2. The van der Waals surface area contributed by atoms with Crippen molar-refractivity contribution >= 4 is 5.65 Å². The van der Waals surface area contributed by atoms with Crippen LogP contribution in [0.2, 0.25) is 0 Å². The van der Waals surface area contributed by atoms with Crippen LogP contribution < -0.4 is 11.1 Å². The van der Waals surface area contributed by atoms with Gasteiger partial charge in [0.25, 0.3) is 0 Å². The van der Waals surface area contributed by atoms with Gasteiger partial charge in [0.05, 0.1) is 5.69 Å². The summed E-state index contributed by atoms with van der Waals surface area (Å²) in [6.07, 6.45) is 4.08. The van der Waals surface area contributed by atoms with Crippen molar-refractivity contribution in [2.45, 2.75) is 19.6 Å². The lowest BCUT2D eigenvalue weighted by atomic mass is 10.2. The summed E-state index contributed by atoms with van der Waals surface area (Å²) in [5.74, 6) is 0. The van der Waals surface area contributed by atoms with Crippen LogP contribution in [0.3, 0.4) is 0 Å². The summed E-state index contributed by atoms with van der Waals surface area (Å²) in [6, 6.07) is 14.5. The number of nitrogens with two attached hydrogens (primary N) is 1. The monoisotopic (exact) mass is 266 g/mol. The fraction of sp³-hybridized carbons (Fsp3) is 0.188. The summed E-state index contributed by atoms with van der Waals surface area (Å²) in [6.45, 7) is 2.18. The van der Waals surface area contributed by atoms with E-state index in [1.54, 1.807) is 0 Å². The predicted octanol–water partition coefficient (Wildman–Crippen LogP) is 2.08. The Bertz CT molecular complexity index is 688. The van der Waals surface area contributed by atoms with Crippen LogP contribution in [0.25, 0.3) is 5.65 Å². The number of hydrogen-bond donors (Lipinski definition) is 2. The Morgan fingerprint density at radius 3 is 2.55 bits per heavy atom. The second-order valence-electron chi connectivity index (χ2n) is 4.83. The number of imidazole rings is 1. The number of pyridine rings is 1. The quantitative estimate of drug-likeness (QED) is 0.743. The lowest BCUT2D eigenvalue weighted by molar-refractivity contribution is 0.690. The summed E-state index contributed by atoms with van der Waals surface area (Å²) in [7, 11) is 0. The van der Waals surface area contributed by atoms with E-state index in [2.05, 4.69) is 46.8 Å². The maximum atomic E-state index is 5.61. The van der Waals surface area contributed by atoms with Crippen LogP contribution in [-0.4, -0.2) is 9.38 Å². The number of nitrogens with one attached hydrogen (secondary N) is 1. The lowest BCUT2D eigenvalue weighted by Crippen LogP contribution is -2.12. The molecule has 0 aliphatic rings. The maximum absolute atomic E-state index is 5.61. The Morgan fingerprint density at radius 1 is 0.950 bits per heavy atom. The highest BCUT2D eigenvalue weighted by Gasteiger charge is 2.01. The van der Waals surface area contributed by atoms with Crippen LogP contribution in [0, 0.1) is 0 Å². The van der Waals surface area contributed by atoms with Gasteiger partial charge in [-0.1, -0.05) is 36.4 Å². The molecule has 2 heterocycles. The summed E-state index contributed by atoms with van der Waals surface area (Å²) < 4.78 is 2.03. The molecule has 0 radical (unpaired) electrons. The van der Waals surface area contributed by atoms with Gasteiger partial charge < -0.3 is 15.5 Å². The van der Waals surface area contributed by atoms with E-state index >= 15 is 0 Å². The Morgan fingerprint density at radius 2 is 1.75 bits per heavy atom. The molecule has 0 saturated carbocycles. The van der Waals surface area contributed by atoms with Crippen LogP contribution in [-0.2, 0) is 19.6 Å². The van der Waals surface area contributed by atoms with Gasteiger partial charge in [0.1, 0.15) is 5.65 Å². The van der Waals surface area contributed by atoms with Crippen LogP contribution in [0.4, 0.5) is 0 Å². The first kappa shape index (κ1) is 12.8. The molecule has 0 aliphatic heterocycles. The largest absolute Gasteiger partial charge is 0.325 e. The third-order valence-electron chi connectivity index (χ3n) is 3.27. The summed E-state index contributed by atoms with van der Waals surface area (Å²) in [5.41, 5.74) is 9.99. The Balaban J connectivity index is 1.65. The minimum atomic E-state index is 0.475. The van der Waals surface area contributed by atoms with E-state index in [-0.39, 0.29) is 0 Å². The number of benzene rings is 1. The molecule has 4 heteroatoms. The SMILES string of the molecule is NCc1cn2cc(CNCc3ccccc3)ccc2n1. The molecule has 3 N–H and O–H groups in total. The van der Waals surface area contributed by atoms with Gasteiger partial charge in [0.15, 0.2) is 0 Å². The first-order chi connectivity index (χ1) is 9.85. The molecule has 20 heavy (non-hydrogen) atoms. The molecule has 3 aromatic rings. The van der Waals surface area contributed by atoms with Crippen molar-refractivity contribution in [3.05, 3.63) is 71.7 Å². The molecule has 0 spiro atoms. The van der Waals surface area contributed by atoms with E-state index in [4.69, 9.17) is 5.73 Å². The molecule has 0 saturated heterocycles.